The molecule has 0 aromatic heterocycles. The van der Waals surface area contributed by atoms with Gasteiger partial charge in [-0.1, -0.05) is 0 Å². The minimum atomic E-state index is 0.875. The minimum absolute atomic E-state index is 0.875. The van der Waals surface area contributed by atoms with E-state index in [0.29, 0.717) is 0 Å². The van der Waals surface area contributed by atoms with Crippen molar-refractivity contribution in [3.8, 4) is 0 Å². The number of benzene rings is 2. The fourth-order valence-electron chi connectivity index (χ4n) is 1.30. The Morgan fingerprint density at radius 1 is 0.500 bits per heavy atom. The largest absolute Gasteiger partial charge is 0.142 e. The van der Waals surface area contributed by atoms with Crippen molar-refractivity contribution in [2.75, 3.05) is 0 Å². The van der Waals surface area contributed by atoms with Gasteiger partial charge in [0.25, 0.3) is 0 Å². The van der Waals surface area contributed by atoms with E-state index in [0.717, 1.165) is 30.4 Å². The van der Waals surface area contributed by atoms with Crippen LogP contribution in [0, 0.1) is 0 Å². The molecule has 0 saturated carbocycles. The third kappa shape index (κ3) is 1.89. The van der Waals surface area contributed by atoms with Crippen LogP contribution in [0.3, 0.4) is 0 Å². The highest BCUT2D eigenvalue weighted by molar-refractivity contribution is 7.84. The second-order valence-corrected chi connectivity index (χ2v) is 4.96. The lowest BCUT2D eigenvalue weighted by Crippen LogP contribution is -1.78. The lowest BCUT2D eigenvalue weighted by molar-refractivity contribution is 1.26. The highest BCUT2D eigenvalue weighted by atomic mass is 32.1. The molecule has 0 nitrogen and oxygen atoms in total. The summed E-state index contributed by atoms with van der Waals surface area (Å²) in [6, 6.07) is 7.92. The zero-order valence-electron chi connectivity index (χ0n) is 7.10. The first-order valence-electron chi connectivity index (χ1n) is 3.95. The van der Waals surface area contributed by atoms with E-state index >= 15 is 0 Å². The third-order valence-corrected chi connectivity index (χ3v) is 3.86. The molecule has 0 heterocycles. The molecule has 0 fully saturated rings. The second-order valence-electron chi connectivity index (χ2n) is 3.03. The molecule has 0 atom stereocenters. The molecule has 72 valence electrons. The number of thiol groups is 4. The van der Waals surface area contributed by atoms with Crippen LogP contribution in [0.25, 0.3) is 10.8 Å². The van der Waals surface area contributed by atoms with E-state index in [1.165, 1.54) is 0 Å². The maximum absolute atomic E-state index is 4.31. The highest BCUT2D eigenvalue weighted by Gasteiger charge is 2.02. The van der Waals surface area contributed by atoms with Crippen LogP contribution in [-0.2, 0) is 0 Å². The quantitative estimate of drug-likeness (QED) is 0.503. The van der Waals surface area contributed by atoms with Gasteiger partial charge in [0.15, 0.2) is 0 Å². The van der Waals surface area contributed by atoms with Crippen molar-refractivity contribution >= 4 is 61.3 Å². The molecule has 0 aliphatic heterocycles. The van der Waals surface area contributed by atoms with Gasteiger partial charge in [-0.3, -0.25) is 0 Å². The zero-order valence-corrected chi connectivity index (χ0v) is 10.7. The van der Waals surface area contributed by atoms with Crippen LogP contribution in [0.5, 0.6) is 0 Å². The molecule has 0 unspecified atom stereocenters. The molecule has 0 radical (unpaired) electrons. The first kappa shape index (κ1) is 10.6. The van der Waals surface area contributed by atoms with Gasteiger partial charge in [0.05, 0.1) is 0 Å². The lowest BCUT2D eigenvalue weighted by Gasteiger charge is -2.05. The second kappa shape index (κ2) is 3.93. The molecular weight excluding hydrogens is 248 g/mol. The Balaban J connectivity index is 2.83. The van der Waals surface area contributed by atoms with E-state index < -0.39 is 0 Å². The number of fused-ring (bicyclic) bond motifs is 1. The average Bonchev–Trinajstić information content (AvgIpc) is 2.11. The minimum Gasteiger partial charge on any atom is -0.142 e. The van der Waals surface area contributed by atoms with E-state index in [-0.39, 0.29) is 0 Å². The molecule has 0 N–H and O–H groups in total. The van der Waals surface area contributed by atoms with Crippen LogP contribution in [0.1, 0.15) is 0 Å². The Labute approximate surface area is 105 Å². The van der Waals surface area contributed by atoms with E-state index in [1.54, 1.807) is 0 Å². The summed E-state index contributed by atoms with van der Waals surface area (Å²) in [5, 5.41) is 2.21. The lowest BCUT2D eigenvalue weighted by atomic mass is 10.1. The summed E-state index contributed by atoms with van der Waals surface area (Å²) in [5.74, 6) is 0. The SMILES string of the molecule is Sc1cc2cc(S)c(S)cc2cc1S. The van der Waals surface area contributed by atoms with Gasteiger partial charge in [0.1, 0.15) is 0 Å². The summed E-state index contributed by atoms with van der Waals surface area (Å²) in [6.45, 7) is 0. The molecule has 4 heteroatoms. The van der Waals surface area contributed by atoms with Gasteiger partial charge in [0, 0.05) is 19.6 Å². The average molecular weight is 256 g/mol. The maximum atomic E-state index is 4.31. The Bertz CT molecular complexity index is 416. The molecule has 0 bridgehead atoms. The van der Waals surface area contributed by atoms with Gasteiger partial charge in [-0.05, 0) is 35.0 Å². The van der Waals surface area contributed by atoms with Crippen molar-refractivity contribution in [3.63, 3.8) is 0 Å². The van der Waals surface area contributed by atoms with Crippen LogP contribution in [0.4, 0.5) is 0 Å². The van der Waals surface area contributed by atoms with Gasteiger partial charge >= 0.3 is 0 Å². The normalized spacial score (nSPS) is 10.9. The molecule has 0 amide bonds. The standard InChI is InChI=1S/C10H8S4/c11-7-1-5-2-9(13)10(14)4-6(5)3-8(7)12/h1-4,11-14H. The molecule has 2 aromatic rings. The number of hydrogen-bond acceptors (Lipinski definition) is 4. The van der Waals surface area contributed by atoms with Gasteiger partial charge in [-0.25, -0.2) is 0 Å². The topological polar surface area (TPSA) is 0 Å². The Morgan fingerprint density at radius 3 is 0.929 bits per heavy atom. The highest BCUT2D eigenvalue weighted by Crippen LogP contribution is 2.30. The smallest absolute Gasteiger partial charge is 0.0180 e. The molecule has 14 heavy (non-hydrogen) atoms. The summed E-state index contributed by atoms with van der Waals surface area (Å²) in [6.07, 6.45) is 0. The summed E-state index contributed by atoms with van der Waals surface area (Å²) in [7, 11) is 0. The van der Waals surface area contributed by atoms with Crippen LogP contribution < -0.4 is 0 Å². The van der Waals surface area contributed by atoms with Gasteiger partial charge in [0.2, 0.25) is 0 Å². The van der Waals surface area contributed by atoms with Crippen LogP contribution in [0.2, 0.25) is 0 Å². The van der Waals surface area contributed by atoms with Gasteiger partial charge in [-0.15, -0.1) is 50.5 Å². The van der Waals surface area contributed by atoms with E-state index in [2.05, 4.69) is 50.5 Å². The molecule has 0 aliphatic carbocycles. The maximum Gasteiger partial charge on any atom is 0.0180 e. The molecule has 0 spiro atoms. The molecule has 0 aliphatic rings. The Hall–Kier alpha value is 0.1000. The van der Waals surface area contributed by atoms with Gasteiger partial charge < -0.3 is 0 Å². The predicted molar refractivity (Wildman–Crippen MR) is 73.0 cm³/mol. The van der Waals surface area contributed by atoms with Crippen molar-refractivity contribution in [1.82, 2.24) is 0 Å². The van der Waals surface area contributed by atoms with Crippen molar-refractivity contribution in [2.24, 2.45) is 0 Å². The zero-order chi connectivity index (χ0) is 10.3. The first-order valence-corrected chi connectivity index (χ1v) is 5.74. The fourth-order valence-corrected chi connectivity index (χ4v) is 2.12. The number of hydrogen-bond donors (Lipinski definition) is 4. The van der Waals surface area contributed by atoms with E-state index in [1.807, 2.05) is 24.3 Å². The monoisotopic (exact) mass is 256 g/mol. The van der Waals surface area contributed by atoms with Crippen LogP contribution in [0.15, 0.2) is 43.8 Å². The Morgan fingerprint density at radius 2 is 0.714 bits per heavy atom. The third-order valence-electron chi connectivity index (χ3n) is 2.03. The van der Waals surface area contributed by atoms with Crippen molar-refractivity contribution in [3.05, 3.63) is 24.3 Å². The van der Waals surface area contributed by atoms with Crippen LogP contribution >= 0.6 is 50.5 Å². The molecular formula is C10H8S4. The van der Waals surface area contributed by atoms with Crippen LogP contribution in [-0.4, -0.2) is 0 Å². The van der Waals surface area contributed by atoms with Crippen molar-refractivity contribution in [1.29, 1.82) is 0 Å². The summed E-state index contributed by atoms with van der Waals surface area (Å²) < 4.78 is 0. The van der Waals surface area contributed by atoms with Crippen molar-refractivity contribution < 1.29 is 0 Å². The molecule has 0 saturated heterocycles. The Kier molecular flexibility index (Phi) is 2.98. The first-order chi connectivity index (χ1) is 6.58. The summed E-state index contributed by atoms with van der Waals surface area (Å²) in [5.41, 5.74) is 0. The molecule has 2 aromatic carbocycles. The number of rotatable bonds is 0. The van der Waals surface area contributed by atoms with E-state index in [4.69, 9.17) is 0 Å². The van der Waals surface area contributed by atoms with Gasteiger partial charge in [-0.2, -0.15) is 0 Å². The van der Waals surface area contributed by atoms with E-state index in [9.17, 15) is 0 Å². The summed E-state index contributed by atoms with van der Waals surface area (Å²) >= 11 is 17.3. The molecule has 2 rings (SSSR count). The van der Waals surface area contributed by atoms with Crippen molar-refractivity contribution in [2.45, 2.75) is 19.6 Å². The fraction of sp³-hybridized carbons (Fsp3) is 0. The summed E-state index contributed by atoms with van der Waals surface area (Å²) in [4.78, 5) is 3.50. The predicted octanol–water partition coefficient (Wildman–Crippen LogP) is 3.99.